The Balaban J connectivity index is 0.000000102. The van der Waals surface area contributed by atoms with Crippen LogP contribution in [0.15, 0.2) is 456 Å². The molecule has 0 aliphatic carbocycles. The van der Waals surface area contributed by atoms with Gasteiger partial charge in [-0.05, 0) is 210 Å². The predicted molar refractivity (Wildman–Crippen MR) is 561 cm³/mol. The standard InChI is InChI=1S/C46H27N3O.C42H25N3O.C36H21N3O/c1-2-10-29-26-33(18-17-28(29)9-1)45-36-12-3-6-14-39(36)47-46(48-45)49-40-15-7-4-13-37(40)44-34-22-19-30(25-32(34)20-23-41(44)49)31-21-24-43-38(27-31)35-11-5-8-16-42(35)50-43;1-2-10-26(11-3-1)41-32-13-4-7-15-35(32)43-42(44-41)45-36-16-8-5-14-33(36)40-30-21-18-27(24-29(30)19-22-37(40)45)28-20-23-39-34(25-28)31-12-6-9-17-38(31)46-39;1-4-10-30-25(7-1)21-37-36(38-30)39-31-11-5-2-9-28(31)35-26-16-13-22(19-24(26)14-17-32(35)39)23-15-18-34-29(20-23)27-8-3-6-12-33(27)40-34/h1-27H;1-25H;1-21H. The van der Waals surface area contributed by atoms with Gasteiger partial charge < -0.3 is 13.3 Å². The molecule has 0 spiro atoms. The van der Waals surface area contributed by atoms with Crippen molar-refractivity contribution < 1.29 is 13.3 Å². The van der Waals surface area contributed by atoms with Crippen LogP contribution in [0.3, 0.4) is 0 Å². The molecule has 632 valence electrons. The summed E-state index contributed by atoms with van der Waals surface area (Å²) in [7, 11) is 0. The summed E-state index contributed by atoms with van der Waals surface area (Å²) in [6.07, 6.45) is 1.91. The van der Waals surface area contributed by atoms with E-state index in [9.17, 15) is 0 Å². The molecule has 30 rings (SSSR count). The summed E-state index contributed by atoms with van der Waals surface area (Å²) in [5.74, 6) is 2.01. The van der Waals surface area contributed by atoms with E-state index in [1.54, 1.807) is 0 Å². The van der Waals surface area contributed by atoms with Crippen LogP contribution >= 0.6 is 0 Å². The predicted octanol–water partition coefficient (Wildman–Crippen LogP) is 32.8. The van der Waals surface area contributed by atoms with Crippen molar-refractivity contribution in [2.45, 2.75) is 0 Å². The van der Waals surface area contributed by atoms with Gasteiger partial charge in [0.05, 0.1) is 61.0 Å². The van der Waals surface area contributed by atoms with Crippen molar-refractivity contribution in [1.82, 2.24) is 43.6 Å². The van der Waals surface area contributed by atoms with Crippen molar-refractivity contribution in [3.63, 3.8) is 0 Å². The summed E-state index contributed by atoms with van der Waals surface area (Å²) in [5.41, 5.74) is 25.8. The van der Waals surface area contributed by atoms with Crippen LogP contribution in [0.4, 0.5) is 0 Å². The summed E-state index contributed by atoms with van der Waals surface area (Å²) in [6.45, 7) is 0. The number of benzene rings is 21. The molecule has 0 bridgehead atoms. The molecule has 0 radical (unpaired) electrons. The Morgan fingerprint density at radius 3 is 0.919 bits per heavy atom. The molecule has 0 saturated heterocycles. The van der Waals surface area contributed by atoms with Gasteiger partial charge in [0.15, 0.2) is 0 Å². The van der Waals surface area contributed by atoms with Crippen molar-refractivity contribution in [3.05, 3.63) is 443 Å². The second kappa shape index (κ2) is 30.6. The SMILES string of the molecule is c1ccc(-c2nc(-n3c4ccccc4c4c5ccc(-c6ccc7oc8ccccc8c7c6)cc5ccc43)nc3ccccc23)cc1.c1ccc2cc(-c3nc(-n4c5ccccc5c5c6ccc(-c7ccc8oc9ccccc9c8c7)cc6ccc54)nc4ccccc34)ccc2c1.c1ccc2nc(-n3c4ccccc4c4c5ccc(-c6ccc7oc8ccccc8c7c6)cc5ccc43)ncc2c1. The average molecular weight is 1740 g/mol. The quantitative estimate of drug-likeness (QED) is 0.146. The van der Waals surface area contributed by atoms with Crippen molar-refractivity contribution >= 4 is 207 Å². The fraction of sp³-hybridized carbons (Fsp3) is 0. The highest BCUT2D eigenvalue weighted by atomic mass is 16.3. The van der Waals surface area contributed by atoms with Gasteiger partial charge in [-0.15, -0.1) is 0 Å². The molecule has 12 heteroatoms. The molecule has 0 aliphatic heterocycles. The molecule has 0 atom stereocenters. The van der Waals surface area contributed by atoms with Crippen LogP contribution in [0.2, 0.25) is 0 Å². The zero-order chi connectivity index (χ0) is 89.2. The van der Waals surface area contributed by atoms with Gasteiger partial charge in [0.1, 0.15) is 33.5 Å². The smallest absolute Gasteiger partial charge is 0.235 e. The normalized spacial score (nSPS) is 12.0. The van der Waals surface area contributed by atoms with E-state index in [0.29, 0.717) is 17.8 Å². The Labute approximate surface area is 775 Å². The van der Waals surface area contributed by atoms with Gasteiger partial charge in [-0.25, -0.2) is 29.9 Å². The monoisotopic (exact) mass is 1740 g/mol. The van der Waals surface area contributed by atoms with Crippen LogP contribution < -0.4 is 0 Å². The molecule has 0 fully saturated rings. The van der Waals surface area contributed by atoms with Crippen LogP contribution in [0.1, 0.15) is 0 Å². The van der Waals surface area contributed by atoms with Crippen LogP contribution in [0, 0.1) is 0 Å². The third kappa shape index (κ3) is 12.3. The summed E-state index contributed by atoms with van der Waals surface area (Å²) in [6, 6.07) is 154. The number of nitrogens with zero attached hydrogens (tertiary/aromatic N) is 9. The third-order valence-corrected chi connectivity index (χ3v) is 27.4. The Morgan fingerprint density at radius 1 is 0.162 bits per heavy atom. The van der Waals surface area contributed by atoms with E-state index in [0.717, 1.165) is 154 Å². The number of hydrogen-bond acceptors (Lipinski definition) is 9. The summed E-state index contributed by atoms with van der Waals surface area (Å²) < 4.78 is 24.9. The number of furan rings is 3. The molecule has 0 saturated carbocycles. The van der Waals surface area contributed by atoms with Crippen LogP contribution in [-0.4, -0.2) is 43.6 Å². The molecular weight excluding hydrogens is 1660 g/mol. The number of fused-ring (bicyclic) bond motifs is 28. The molecule has 9 heterocycles. The molecule has 21 aromatic carbocycles. The summed E-state index contributed by atoms with van der Waals surface area (Å²) >= 11 is 0. The molecular formula is C124H73N9O3. The van der Waals surface area contributed by atoms with Gasteiger partial charge in [0.2, 0.25) is 17.8 Å². The van der Waals surface area contributed by atoms with Gasteiger partial charge in [-0.2, -0.15) is 0 Å². The maximum absolute atomic E-state index is 6.10. The first-order valence-electron chi connectivity index (χ1n) is 45.8. The number of hydrogen-bond donors (Lipinski definition) is 0. The van der Waals surface area contributed by atoms with Crippen molar-refractivity contribution in [1.29, 1.82) is 0 Å². The van der Waals surface area contributed by atoms with E-state index in [-0.39, 0.29) is 0 Å². The average Bonchev–Trinajstić information content (AvgIpc) is 1.57. The van der Waals surface area contributed by atoms with E-state index in [1.165, 1.54) is 109 Å². The fourth-order valence-electron chi connectivity index (χ4n) is 21.1. The zero-order valence-corrected chi connectivity index (χ0v) is 72.9. The molecule has 9 aromatic heterocycles. The minimum Gasteiger partial charge on any atom is -0.456 e. The Bertz CT molecular complexity index is 10300. The van der Waals surface area contributed by atoms with Gasteiger partial charge in [-0.1, -0.05) is 303 Å². The van der Waals surface area contributed by atoms with Crippen LogP contribution in [0.5, 0.6) is 0 Å². The largest absolute Gasteiger partial charge is 0.456 e. The fourth-order valence-corrected chi connectivity index (χ4v) is 21.1. The van der Waals surface area contributed by atoms with Gasteiger partial charge in [0, 0.05) is 98.1 Å². The molecule has 0 amide bonds. The highest BCUT2D eigenvalue weighted by Gasteiger charge is 2.25. The lowest BCUT2D eigenvalue weighted by Crippen LogP contribution is -2.03. The minimum absolute atomic E-state index is 0.662. The van der Waals surface area contributed by atoms with E-state index in [1.807, 2.05) is 91.1 Å². The van der Waals surface area contributed by atoms with Crippen molar-refractivity contribution in [2.24, 2.45) is 0 Å². The molecule has 0 aliphatic rings. The lowest BCUT2D eigenvalue weighted by molar-refractivity contribution is 0.668. The van der Waals surface area contributed by atoms with Crippen LogP contribution in [0.25, 0.3) is 281 Å². The molecule has 0 unspecified atom stereocenters. The first-order chi connectivity index (χ1) is 67.4. The number of para-hydroxylation sites is 9. The van der Waals surface area contributed by atoms with Crippen molar-refractivity contribution in [3.8, 4) is 73.7 Å². The highest BCUT2D eigenvalue weighted by molar-refractivity contribution is 6.25. The Morgan fingerprint density at radius 2 is 0.471 bits per heavy atom. The summed E-state index contributed by atoms with van der Waals surface area (Å²) in [5, 5.41) is 26.7. The van der Waals surface area contributed by atoms with Gasteiger partial charge in [0.25, 0.3) is 0 Å². The van der Waals surface area contributed by atoms with E-state index < -0.39 is 0 Å². The second-order valence-electron chi connectivity index (χ2n) is 35.1. The zero-order valence-electron chi connectivity index (χ0n) is 72.9. The lowest BCUT2D eigenvalue weighted by Gasteiger charge is -2.12. The summed E-state index contributed by atoms with van der Waals surface area (Å²) in [4.78, 5) is 30.6. The molecule has 12 nitrogen and oxygen atoms in total. The lowest BCUT2D eigenvalue weighted by atomic mass is 9.97. The third-order valence-electron chi connectivity index (χ3n) is 27.4. The molecule has 136 heavy (non-hydrogen) atoms. The number of rotatable bonds is 8. The van der Waals surface area contributed by atoms with Crippen LogP contribution in [-0.2, 0) is 0 Å². The minimum atomic E-state index is 0.662. The number of aromatic nitrogens is 9. The Hall–Kier alpha value is -18.5. The van der Waals surface area contributed by atoms with Gasteiger partial charge >= 0.3 is 0 Å². The maximum Gasteiger partial charge on any atom is 0.235 e. The maximum atomic E-state index is 6.10. The molecule has 30 aromatic rings. The Kier molecular flexibility index (Phi) is 17.2. The van der Waals surface area contributed by atoms with E-state index in [2.05, 4.69) is 366 Å². The highest BCUT2D eigenvalue weighted by Crippen LogP contribution is 2.46. The van der Waals surface area contributed by atoms with E-state index >= 15 is 0 Å². The topological polar surface area (TPSA) is 132 Å². The van der Waals surface area contributed by atoms with Crippen molar-refractivity contribution in [2.75, 3.05) is 0 Å². The van der Waals surface area contributed by atoms with E-state index in [4.69, 9.17) is 43.2 Å². The second-order valence-corrected chi connectivity index (χ2v) is 35.1. The first-order valence-corrected chi connectivity index (χ1v) is 45.8. The first kappa shape index (κ1) is 76.4. The molecule has 0 N–H and O–H groups in total. The van der Waals surface area contributed by atoms with Gasteiger partial charge in [-0.3, -0.25) is 13.7 Å².